The second kappa shape index (κ2) is 4.50. The van der Waals surface area contributed by atoms with Crippen LogP contribution in [0.15, 0.2) is 29.6 Å². The molecule has 0 fully saturated rings. The Bertz CT molecular complexity index is 487. The van der Waals surface area contributed by atoms with Crippen LogP contribution in [-0.4, -0.2) is 5.88 Å². The maximum absolute atomic E-state index is 5.54. The average Bonchev–Trinajstić information content (AvgIpc) is 2.65. The summed E-state index contributed by atoms with van der Waals surface area (Å²) in [4.78, 5) is 0. The summed E-state index contributed by atoms with van der Waals surface area (Å²) in [6, 6.07) is 8.41. The Balaban J connectivity index is 2.31. The van der Waals surface area contributed by atoms with Gasteiger partial charge >= 0.3 is 0 Å². The van der Waals surface area contributed by atoms with E-state index in [4.69, 9.17) is 11.6 Å². The SMILES string of the molecule is ClCCC#Cc1ccc2ccsc2c1. The van der Waals surface area contributed by atoms with Crippen LogP contribution >= 0.6 is 22.9 Å². The normalized spacial score (nSPS) is 9.79. The van der Waals surface area contributed by atoms with Crippen molar-refractivity contribution in [3.05, 3.63) is 35.2 Å². The lowest BCUT2D eigenvalue weighted by Gasteiger charge is -1.90. The first kappa shape index (κ1) is 9.58. The molecule has 1 aromatic carbocycles. The molecule has 2 heteroatoms. The first-order valence-electron chi connectivity index (χ1n) is 4.42. The third-order valence-electron chi connectivity index (χ3n) is 1.91. The van der Waals surface area contributed by atoms with Gasteiger partial charge in [0.25, 0.3) is 0 Å². The van der Waals surface area contributed by atoms with Crippen LogP contribution in [0, 0.1) is 11.8 Å². The summed E-state index contributed by atoms with van der Waals surface area (Å²) in [6.45, 7) is 0. The van der Waals surface area contributed by atoms with Crippen molar-refractivity contribution in [3.63, 3.8) is 0 Å². The maximum Gasteiger partial charge on any atom is 0.0355 e. The highest BCUT2D eigenvalue weighted by atomic mass is 35.5. The third-order valence-corrected chi connectivity index (χ3v) is 2.98. The monoisotopic (exact) mass is 220 g/mol. The molecule has 2 aromatic rings. The molecule has 0 radical (unpaired) electrons. The van der Waals surface area contributed by atoms with Crippen molar-refractivity contribution in [2.75, 3.05) is 5.88 Å². The molecule has 0 spiro atoms. The van der Waals surface area contributed by atoms with E-state index in [-0.39, 0.29) is 0 Å². The van der Waals surface area contributed by atoms with E-state index in [9.17, 15) is 0 Å². The summed E-state index contributed by atoms with van der Waals surface area (Å²) in [5, 5.41) is 3.39. The molecular formula is C12H9ClS. The van der Waals surface area contributed by atoms with Gasteiger partial charge in [0.15, 0.2) is 0 Å². The number of alkyl halides is 1. The molecule has 0 N–H and O–H groups in total. The van der Waals surface area contributed by atoms with Crippen molar-refractivity contribution in [1.82, 2.24) is 0 Å². The standard InChI is InChI=1S/C12H9ClS/c13-7-2-1-3-10-4-5-11-6-8-14-12(11)9-10/h4-6,8-9H,2,7H2. The molecule has 0 unspecified atom stereocenters. The quantitative estimate of drug-likeness (QED) is 0.506. The van der Waals surface area contributed by atoms with E-state index >= 15 is 0 Å². The zero-order valence-electron chi connectivity index (χ0n) is 7.59. The minimum Gasteiger partial charge on any atom is -0.144 e. The van der Waals surface area contributed by atoms with Crippen molar-refractivity contribution < 1.29 is 0 Å². The highest BCUT2D eigenvalue weighted by molar-refractivity contribution is 7.17. The number of rotatable bonds is 1. The van der Waals surface area contributed by atoms with Gasteiger partial charge in [0.1, 0.15) is 0 Å². The highest BCUT2D eigenvalue weighted by Crippen LogP contribution is 2.21. The van der Waals surface area contributed by atoms with Crippen LogP contribution in [0.1, 0.15) is 12.0 Å². The summed E-state index contributed by atoms with van der Waals surface area (Å²) >= 11 is 7.29. The van der Waals surface area contributed by atoms with Gasteiger partial charge in [-0.25, -0.2) is 0 Å². The molecule has 1 aromatic heterocycles. The Hall–Kier alpha value is -0.970. The van der Waals surface area contributed by atoms with Gasteiger partial charge in [-0.1, -0.05) is 17.9 Å². The third kappa shape index (κ3) is 2.09. The van der Waals surface area contributed by atoms with Gasteiger partial charge in [-0.3, -0.25) is 0 Å². The van der Waals surface area contributed by atoms with Gasteiger partial charge in [0.05, 0.1) is 0 Å². The van der Waals surface area contributed by atoms with Crippen LogP contribution in [0.3, 0.4) is 0 Å². The van der Waals surface area contributed by atoms with Crippen LogP contribution in [0.5, 0.6) is 0 Å². The van der Waals surface area contributed by atoms with E-state index in [1.54, 1.807) is 11.3 Å². The minimum atomic E-state index is 0.605. The summed E-state index contributed by atoms with van der Waals surface area (Å²) < 4.78 is 1.29. The van der Waals surface area contributed by atoms with E-state index in [2.05, 4.69) is 41.5 Å². The largest absolute Gasteiger partial charge is 0.144 e. The molecule has 0 nitrogen and oxygen atoms in total. The first-order valence-corrected chi connectivity index (χ1v) is 5.83. The molecule has 0 amide bonds. The highest BCUT2D eigenvalue weighted by Gasteiger charge is 1.94. The van der Waals surface area contributed by atoms with Crippen molar-refractivity contribution in [3.8, 4) is 11.8 Å². The molecule has 14 heavy (non-hydrogen) atoms. The summed E-state index contributed by atoms with van der Waals surface area (Å²) in [7, 11) is 0. The van der Waals surface area contributed by atoms with E-state index in [0.717, 1.165) is 12.0 Å². The Morgan fingerprint density at radius 3 is 3.07 bits per heavy atom. The molecule has 0 bridgehead atoms. The molecule has 0 saturated heterocycles. The molecular weight excluding hydrogens is 212 g/mol. The van der Waals surface area contributed by atoms with Crippen molar-refractivity contribution in [2.45, 2.75) is 6.42 Å². The lowest BCUT2D eigenvalue weighted by Crippen LogP contribution is -1.73. The Morgan fingerprint density at radius 1 is 1.29 bits per heavy atom. The topological polar surface area (TPSA) is 0 Å². The van der Waals surface area contributed by atoms with Crippen LogP contribution in [0.2, 0.25) is 0 Å². The molecule has 0 saturated carbocycles. The fourth-order valence-electron chi connectivity index (χ4n) is 1.24. The molecule has 70 valence electrons. The number of benzene rings is 1. The zero-order chi connectivity index (χ0) is 9.80. The maximum atomic E-state index is 5.54. The van der Waals surface area contributed by atoms with Gasteiger partial charge in [0, 0.05) is 22.6 Å². The fraction of sp³-hybridized carbons (Fsp3) is 0.167. The summed E-state index contributed by atoms with van der Waals surface area (Å²) in [6.07, 6.45) is 0.754. The van der Waals surface area contributed by atoms with Gasteiger partial charge in [-0.15, -0.1) is 22.9 Å². The Kier molecular flexibility index (Phi) is 3.08. The summed E-state index contributed by atoms with van der Waals surface area (Å²) in [5.41, 5.74) is 1.07. The van der Waals surface area contributed by atoms with E-state index in [1.165, 1.54) is 10.1 Å². The number of hydrogen-bond acceptors (Lipinski definition) is 1. The summed E-state index contributed by atoms with van der Waals surface area (Å²) in [5.74, 6) is 6.74. The lowest BCUT2D eigenvalue weighted by atomic mass is 10.2. The van der Waals surface area contributed by atoms with Gasteiger partial charge in [0.2, 0.25) is 0 Å². The van der Waals surface area contributed by atoms with Crippen molar-refractivity contribution in [1.29, 1.82) is 0 Å². The van der Waals surface area contributed by atoms with Crippen LogP contribution in [0.25, 0.3) is 10.1 Å². The fourth-order valence-corrected chi connectivity index (χ4v) is 2.17. The smallest absolute Gasteiger partial charge is 0.0355 e. The van der Waals surface area contributed by atoms with Crippen molar-refractivity contribution >= 4 is 33.0 Å². The number of hydrogen-bond donors (Lipinski definition) is 0. The average molecular weight is 221 g/mol. The van der Waals surface area contributed by atoms with Gasteiger partial charge in [-0.05, 0) is 29.0 Å². The number of halogens is 1. The van der Waals surface area contributed by atoms with Crippen LogP contribution < -0.4 is 0 Å². The molecule has 1 heterocycles. The molecule has 2 rings (SSSR count). The Labute approximate surface area is 92.5 Å². The van der Waals surface area contributed by atoms with Crippen LogP contribution in [-0.2, 0) is 0 Å². The first-order chi connectivity index (χ1) is 6.90. The molecule has 0 aliphatic heterocycles. The van der Waals surface area contributed by atoms with E-state index in [0.29, 0.717) is 5.88 Å². The van der Waals surface area contributed by atoms with Gasteiger partial charge < -0.3 is 0 Å². The molecule has 0 aliphatic carbocycles. The lowest BCUT2D eigenvalue weighted by molar-refractivity contribution is 1.29. The number of thiophene rings is 1. The number of fused-ring (bicyclic) bond motifs is 1. The zero-order valence-corrected chi connectivity index (χ0v) is 9.16. The van der Waals surface area contributed by atoms with Crippen molar-refractivity contribution in [2.24, 2.45) is 0 Å². The Morgan fingerprint density at radius 2 is 2.21 bits per heavy atom. The van der Waals surface area contributed by atoms with E-state index in [1.807, 2.05) is 0 Å². The van der Waals surface area contributed by atoms with E-state index < -0.39 is 0 Å². The second-order valence-corrected chi connectivity index (χ2v) is 4.24. The predicted molar refractivity (Wildman–Crippen MR) is 64.0 cm³/mol. The van der Waals surface area contributed by atoms with Gasteiger partial charge in [-0.2, -0.15) is 0 Å². The molecule has 0 aliphatic rings. The molecule has 0 atom stereocenters. The predicted octanol–water partition coefficient (Wildman–Crippen LogP) is 3.88. The van der Waals surface area contributed by atoms with Crippen LogP contribution in [0.4, 0.5) is 0 Å². The minimum absolute atomic E-state index is 0.605. The second-order valence-electron chi connectivity index (χ2n) is 2.91.